The first-order chi connectivity index (χ1) is 9.95. The minimum Gasteiger partial charge on any atom is -0.454 e. The normalized spacial score (nSPS) is 13.2. The molecule has 0 amide bonds. The summed E-state index contributed by atoms with van der Waals surface area (Å²) in [6.07, 6.45) is 1.95. The van der Waals surface area contributed by atoms with Crippen molar-refractivity contribution in [3.8, 4) is 11.5 Å². The summed E-state index contributed by atoms with van der Waals surface area (Å²) in [5.41, 5.74) is 6.03. The molecular weight excluding hydrogens is 301 g/mol. The van der Waals surface area contributed by atoms with Gasteiger partial charge in [-0.2, -0.15) is 0 Å². The van der Waals surface area contributed by atoms with Gasteiger partial charge in [-0.15, -0.1) is 0 Å². The summed E-state index contributed by atoms with van der Waals surface area (Å²) < 4.78 is 49.9. The molecular formula is C12H10FN3O4S. The number of sulfonamides is 1. The van der Waals surface area contributed by atoms with Gasteiger partial charge in [-0.3, -0.25) is 9.71 Å². The van der Waals surface area contributed by atoms with Crippen molar-refractivity contribution < 1.29 is 22.3 Å². The standard InChI is InChI=1S/C12H10FN3O4S/c13-7-1-8(5-15-4-7)21(17,18)16-10-3-12-11(2-9(10)14)19-6-20-12/h1-5,16H,6,14H2. The number of hydrogen-bond acceptors (Lipinski definition) is 6. The van der Waals surface area contributed by atoms with Gasteiger partial charge in [0.25, 0.3) is 10.0 Å². The summed E-state index contributed by atoms with van der Waals surface area (Å²) >= 11 is 0. The number of ether oxygens (including phenoxy) is 2. The fraction of sp³-hybridized carbons (Fsp3) is 0.0833. The highest BCUT2D eigenvalue weighted by molar-refractivity contribution is 7.92. The molecule has 0 atom stereocenters. The summed E-state index contributed by atoms with van der Waals surface area (Å²) in [4.78, 5) is 3.20. The average molecular weight is 311 g/mol. The number of nitrogens with two attached hydrogens (primary N) is 1. The first-order valence-corrected chi connectivity index (χ1v) is 7.26. The molecule has 1 aromatic heterocycles. The first kappa shape index (κ1) is 13.4. The number of pyridine rings is 1. The molecule has 0 radical (unpaired) electrons. The molecule has 110 valence electrons. The highest BCUT2D eigenvalue weighted by Crippen LogP contribution is 2.38. The van der Waals surface area contributed by atoms with Crippen molar-refractivity contribution in [2.45, 2.75) is 4.90 Å². The van der Waals surface area contributed by atoms with Gasteiger partial charge in [-0.1, -0.05) is 0 Å². The van der Waals surface area contributed by atoms with Crippen LogP contribution in [0.3, 0.4) is 0 Å². The Morgan fingerprint density at radius 1 is 1.19 bits per heavy atom. The van der Waals surface area contributed by atoms with Gasteiger partial charge in [0.05, 0.1) is 17.6 Å². The molecule has 1 aromatic carbocycles. The lowest BCUT2D eigenvalue weighted by Crippen LogP contribution is -2.14. The summed E-state index contributed by atoms with van der Waals surface area (Å²) in [6.45, 7) is 0.0405. The molecule has 9 heteroatoms. The van der Waals surface area contributed by atoms with Crippen molar-refractivity contribution in [1.29, 1.82) is 0 Å². The molecule has 3 rings (SSSR count). The van der Waals surface area contributed by atoms with Gasteiger partial charge in [0.15, 0.2) is 11.5 Å². The Morgan fingerprint density at radius 2 is 1.90 bits per heavy atom. The van der Waals surface area contributed by atoms with Crippen LogP contribution in [0.5, 0.6) is 11.5 Å². The second kappa shape index (κ2) is 4.77. The number of nitrogen functional groups attached to an aromatic ring is 1. The molecule has 0 saturated carbocycles. The molecule has 21 heavy (non-hydrogen) atoms. The number of hydrogen-bond donors (Lipinski definition) is 2. The van der Waals surface area contributed by atoms with E-state index in [1.807, 2.05) is 0 Å². The lowest BCUT2D eigenvalue weighted by molar-refractivity contribution is 0.174. The Hall–Kier alpha value is -2.55. The fourth-order valence-electron chi connectivity index (χ4n) is 1.79. The second-order valence-electron chi connectivity index (χ2n) is 4.24. The topological polar surface area (TPSA) is 104 Å². The van der Waals surface area contributed by atoms with E-state index in [0.29, 0.717) is 11.5 Å². The van der Waals surface area contributed by atoms with E-state index in [2.05, 4.69) is 9.71 Å². The maximum atomic E-state index is 13.1. The predicted molar refractivity (Wildman–Crippen MR) is 72.0 cm³/mol. The third-order valence-electron chi connectivity index (χ3n) is 2.78. The number of nitrogens with zero attached hydrogens (tertiary/aromatic N) is 1. The highest BCUT2D eigenvalue weighted by Gasteiger charge is 2.21. The predicted octanol–water partition coefficient (Wildman–Crippen LogP) is 1.33. The van der Waals surface area contributed by atoms with E-state index in [0.717, 1.165) is 18.5 Å². The molecule has 0 unspecified atom stereocenters. The molecule has 0 spiro atoms. The van der Waals surface area contributed by atoms with Crippen LogP contribution in [0.2, 0.25) is 0 Å². The van der Waals surface area contributed by atoms with Crippen molar-refractivity contribution in [2.24, 2.45) is 0 Å². The minimum absolute atomic E-state index is 0.0405. The SMILES string of the molecule is Nc1cc2c(cc1NS(=O)(=O)c1cncc(F)c1)OCO2. The lowest BCUT2D eigenvalue weighted by atomic mass is 10.2. The van der Waals surface area contributed by atoms with Crippen LogP contribution in [0, 0.1) is 5.82 Å². The van der Waals surface area contributed by atoms with E-state index in [4.69, 9.17) is 15.2 Å². The fourth-order valence-corrected chi connectivity index (χ4v) is 2.84. The molecule has 7 nitrogen and oxygen atoms in total. The van der Waals surface area contributed by atoms with Gasteiger partial charge < -0.3 is 15.2 Å². The van der Waals surface area contributed by atoms with Crippen LogP contribution in [0.1, 0.15) is 0 Å². The number of anilines is 2. The van der Waals surface area contributed by atoms with Gasteiger partial charge in [0, 0.05) is 18.3 Å². The van der Waals surface area contributed by atoms with Crippen molar-refractivity contribution >= 4 is 21.4 Å². The number of halogens is 1. The third kappa shape index (κ3) is 2.55. The van der Waals surface area contributed by atoms with Crippen LogP contribution in [-0.2, 0) is 10.0 Å². The maximum absolute atomic E-state index is 13.1. The van der Waals surface area contributed by atoms with E-state index < -0.39 is 15.8 Å². The summed E-state index contributed by atoms with van der Waals surface area (Å²) in [5.74, 6) is 0.0543. The third-order valence-corrected chi connectivity index (χ3v) is 4.11. The van der Waals surface area contributed by atoms with E-state index in [1.165, 1.54) is 12.1 Å². The van der Waals surface area contributed by atoms with E-state index in [-0.39, 0.29) is 23.1 Å². The van der Waals surface area contributed by atoms with Crippen LogP contribution in [-0.4, -0.2) is 20.2 Å². The molecule has 0 aliphatic carbocycles. The Morgan fingerprint density at radius 3 is 2.62 bits per heavy atom. The van der Waals surface area contributed by atoms with Crippen molar-refractivity contribution in [2.75, 3.05) is 17.2 Å². The van der Waals surface area contributed by atoms with Crippen LogP contribution in [0.15, 0.2) is 35.5 Å². The van der Waals surface area contributed by atoms with Gasteiger partial charge >= 0.3 is 0 Å². The summed E-state index contributed by atoms with van der Waals surface area (Å²) in [6, 6.07) is 3.71. The van der Waals surface area contributed by atoms with Crippen molar-refractivity contribution in [3.05, 3.63) is 36.4 Å². The zero-order valence-electron chi connectivity index (χ0n) is 10.5. The molecule has 1 aliphatic heterocycles. The highest BCUT2D eigenvalue weighted by atomic mass is 32.2. The zero-order valence-corrected chi connectivity index (χ0v) is 11.4. The smallest absolute Gasteiger partial charge is 0.263 e. The molecule has 0 saturated heterocycles. The Kier molecular flexibility index (Phi) is 3.05. The number of rotatable bonds is 3. The van der Waals surface area contributed by atoms with E-state index in [1.54, 1.807) is 0 Å². The molecule has 0 bridgehead atoms. The quantitative estimate of drug-likeness (QED) is 0.829. The van der Waals surface area contributed by atoms with Gasteiger partial charge in [-0.25, -0.2) is 12.8 Å². The molecule has 2 aromatic rings. The van der Waals surface area contributed by atoms with Gasteiger partial charge in [-0.05, 0) is 6.07 Å². The molecule has 3 N–H and O–H groups in total. The largest absolute Gasteiger partial charge is 0.454 e. The van der Waals surface area contributed by atoms with Gasteiger partial charge in [0.1, 0.15) is 10.7 Å². The molecule has 0 fully saturated rings. The number of benzene rings is 1. The Labute approximate surface area is 119 Å². The second-order valence-corrected chi connectivity index (χ2v) is 5.92. The van der Waals surface area contributed by atoms with Crippen LogP contribution < -0.4 is 19.9 Å². The van der Waals surface area contributed by atoms with Gasteiger partial charge in [0.2, 0.25) is 6.79 Å². The minimum atomic E-state index is -4.00. The van der Waals surface area contributed by atoms with Crippen LogP contribution in [0.4, 0.5) is 15.8 Å². The van der Waals surface area contributed by atoms with E-state index >= 15 is 0 Å². The monoisotopic (exact) mass is 311 g/mol. The number of nitrogens with one attached hydrogen (secondary N) is 1. The summed E-state index contributed by atoms with van der Waals surface area (Å²) in [5, 5.41) is 0. The average Bonchev–Trinajstić information content (AvgIpc) is 2.86. The van der Waals surface area contributed by atoms with Crippen LogP contribution >= 0.6 is 0 Å². The maximum Gasteiger partial charge on any atom is 0.263 e. The van der Waals surface area contributed by atoms with E-state index in [9.17, 15) is 12.8 Å². The van der Waals surface area contributed by atoms with Crippen LogP contribution in [0.25, 0.3) is 0 Å². The first-order valence-electron chi connectivity index (χ1n) is 5.78. The number of aromatic nitrogens is 1. The van der Waals surface area contributed by atoms with Crippen molar-refractivity contribution in [3.63, 3.8) is 0 Å². The molecule has 1 aliphatic rings. The molecule has 2 heterocycles. The Balaban J connectivity index is 1.96. The lowest BCUT2D eigenvalue weighted by Gasteiger charge is -2.11. The number of fused-ring (bicyclic) bond motifs is 1. The zero-order chi connectivity index (χ0) is 15.0. The summed E-state index contributed by atoms with van der Waals surface area (Å²) in [7, 11) is -4.00. The van der Waals surface area contributed by atoms with Crippen molar-refractivity contribution in [1.82, 2.24) is 4.98 Å². The Bertz CT molecular complexity index is 810.